The summed E-state index contributed by atoms with van der Waals surface area (Å²) in [5, 5.41) is 5.59. The van der Waals surface area contributed by atoms with Crippen LogP contribution >= 0.6 is 0 Å². The molecule has 2 aliphatic heterocycles. The van der Waals surface area contributed by atoms with E-state index in [9.17, 15) is 14.0 Å². The van der Waals surface area contributed by atoms with Crippen LogP contribution in [0.1, 0.15) is 39.5 Å². The summed E-state index contributed by atoms with van der Waals surface area (Å²) in [6, 6.07) is 4.00. The number of urea groups is 1. The van der Waals surface area contributed by atoms with E-state index in [1.165, 1.54) is 29.5 Å². The molecule has 2 N–H and O–H groups in total. The zero-order valence-corrected chi connectivity index (χ0v) is 16.8. The smallest absolute Gasteiger partial charge is 0.319 e. The summed E-state index contributed by atoms with van der Waals surface area (Å²) in [5.74, 6) is 0.929. The molecule has 1 aromatic carbocycles. The van der Waals surface area contributed by atoms with Crippen LogP contribution in [0.2, 0.25) is 0 Å². The molecule has 2 aliphatic rings. The minimum atomic E-state index is -0.453. The Kier molecular flexibility index (Phi) is 6.88. The van der Waals surface area contributed by atoms with Crippen molar-refractivity contribution in [1.29, 1.82) is 0 Å². The Hall–Kier alpha value is -2.15. The maximum atomic E-state index is 14.1. The highest BCUT2D eigenvalue weighted by Gasteiger charge is 2.24. The Labute approximate surface area is 166 Å². The topological polar surface area (TPSA) is 64.7 Å². The standard InChI is InChI=1S/C21H31FN4O2/c1-15-11-16(2)14-25(13-15)9-4-8-23-21(28)24-17-6-7-18(22)19(12-17)26-10-3-5-20(26)27/h6-7,12,15-16H,3-5,8-11,13-14H2,1-2H3,(H2,23,24,28)/t15-,16-/m1/s1. The first kappa shape index (κ1) is 20.6. The Balaban J connectivity index is 1.44. The fraction of sp³-hybridized carbons (Fsp3) is 0.619. The van der Waals surface area contributed by atoms with Crippen molar-refractivity contribution in [3.63, 3.8) is 0 Å². The number of benzene rings is 1. The molecule has 3 amide bonds. The van der Waals surface area contributed by atoms with Gasteiger partial charge in [0.25, 0.3) is 0 Å². The number of nitrogens with zero attached hydrogens (tertiary/aromatic N) is 2. The molecule has 1 aromatic rings. The molecule has 0 spiro atoms. The van der Waals surface area contributed by atoms with Crippen LogP contribution in [0.25, 0.3) is 0 Å². The lowest BCUT2D eigenvalue weighted by Gasteiger charge is -2.34. The van der Waals surface area contributed by atoms with Crippen molar-refractivity contribution in [2.45, 2.75) is 39.5 Å². The van der Waals surface area contributed by atoms with Crippen LogP contribution < -0.4 is 15.5 Å². The van der Waals surface area contributed by atoms with Crippen molar-refractivity contribution >= 4 is 23.3 Å². The number of anilines is 2. The molecule has 3 rings (SSSR count). The first-order valence-electron chi connectivity index (χ1n) is 10.3. The van der Waals surface area contributed by atoms with Gasteiger partial charge in [0.1, 0.15) is 5.82 Å². The van der Waals surface area contributed by atoms with Crippen LogP contribution in [0.4, 0.5) is 20.6 Å². The lowest BCUT2D eigenvalue weighted by Crippen LogP contribution is -2.40. The fourth-order valence-corrected chi connectivity index (χ4v) is 4.35. The molecule has 0 bridgehead atoms. The Bertz CT molecular complexity index is 702. The lowest BCUT2D eigenvalue weighted by molar-refractivity contribution is -0.117. The number of hydrogen-bond donors (Lipinski definition) is 2. The number of nitrogens with one attached hydrogen (secondary N) is 2. The van der Waals surface area contributed by atoms with Crippen molar-refractivity contribution in [2.24, 2.45) is 11.8 Å². The average Bonchev–Trinajstić information content (AvgIpc) is 3.05. The molecule has 28 heavy (non-hydrogen) atoms. The molecule has 6 nitrogen and oxygen atoms in total. The van der Waals surface area contributed by atoms with E-state index in [1.54, 1.807) is 0 Å². The number of amides is 3. The van der Waals surface area contributed by atoms with E-state index >= 15 is 0 Å². The average molecular weight is 391 g/mol. The predicted molar refractivity (Wildman–Crippen MR) is 109 cm³/mol. The van der Waals surface area contributed by atoms with Gasteiger partial charge in [-0.3, -0.25) is 4.79 Å². The summed E-state index contributed by atoms with van der Waals surface area (Å²) in [4.78, 5) is 27.9. The van der Waals surface area contributed by atoms with Gasteiger partial charge in [-0.05, 0) is 55.8 Å². The molecule has 2 saturated heterocycles. The third-order valence-corrected chi connectivity index (χ3v) is 5.45. The summed E-state index contributed by atoms with van der Waals surface area (Å²) in [7, 11) is 0. The number of piperidine rings is 1. The van der Waals surface area contributed by atoms with Gasteiger partial charge in [-0.2, -0.15) is 0 Å². The molecule has 7 heteroatoms. The molecular weight excluding hydrogens is 359 g/mol. The van der Waals surface area contributed by atoms with Gasteiger partial charge in [0.15, 0.2) is 0 Å². The van der Waals surface area contributed by atoms with Gasteiger partial charge < -0.3 is 20.4 Å². The zero-order valence-electron chi connectivity index (χ0n) is 16.8. The van der Waals surface area contributed by atoms with E-state index in [1.807, 2.05) is 0 Å². The number of rotatable bonds is 6. The lowest BCUT2D eigenvalue weighted by atomic mass is 9.92. The Morgan fingerprint density at radius 2 is 2.00 bits per heavy atom. The van der Waals surface area contributed by atoms with Crippen LogP contribution in [-0.4, -0.2) is 49.6 Å². The number of likely N-dealkylation sites (tertiary alicyclic amines) is 1. The SMILES string of the molecule is C[C@@H]1C[C@@H](C)CN(CCCNC(=O)Nc2ccc(F)c(N3CCCC3=O)c2)C1. The minimum Gasteiger partial charge on any atom is -0.338 e. The summed E-state index contributed by atoms with van der Waals surface area (Å²) in [6.07, 6.45) is 3.35. The first-order chi connectivity index (χ1) is 13.4. The molecule has 0 saturated carbocycles. The predicted octanol–water partition coefficient (Wildman–Crippen LogP) is 3.44. The van der Waals surface area contributed by atoms with Gasteiger partial charge in [0.2, 0.25) is 5.91 Å². The van der Waals surface area contributed by atoms with Crippen molar-refractivity contribution in [3.8, 4) is 0 Å². The van der Waals surface area contributed by atoms with Crippen LogP contribution in [0.3, 0.4) is 0 Å². The van der Waals surface area contributed by atoms with Crippen molar-refractivity contribution < 1.29 is 14.0 Å². The molecule has 2 atom stereocenters. The largest absolute Gasteiger partial charge is 0.338 e. The van der Waals surface area contributed by atoms with Gasteiger partial charge in [-0.15, -0.1) is 0 Å². The molecule has 2 fully saturated rings. The minimum absolute atomic E-state index is 0.0816. The molecule has 0 aromatic heterocycles. The fourth-order valence-electron chi connectivity index (χ4n) is 4.35. The highest BCUT2D eigenvalue weighted by Crippen LogP contribution is 2.27. The number of halogens is 1. The van der Waals surface area contributed by atoms with E-state index < -0.39 is 5.82 Å². The molecular formula is C21H31FN4O2. The maximum Gasteiger partial charge on any atom is 0.319 e. The van der Waals surface area contributed by atoms with Gasteiger partial charge in [-0.25, -0.2) is 9.18 Å². The van der Waals surface area contributed by atoms with Crippen molar-refractivity contribution in [3.05, 3.63) is 24.0 Å². The Morgan fingerprint density at radius 3 is 2.68 bits per heavy atom. The second-order valence-corrected chi connectivity index (χ2v) is 8.26. The van der Waals surface area contributed by atoms with Crippen molar-refractivity contribution in [2.75, 3.05) is 42.9 Å². The van der Waals surface area contributed by atoms with Crippen LogP contribution in [0.15, 0.2) is 18.2 Å². The monoisotopic (exact) mass is 390 g/mol. The second kappa shape index (κ2) is 9.37. The van der Waals surface area contributed by atoms with Crippen molar-refractivity contribution in [1.82, 2.24) is 10.2 Å². The Morgan fingerprint density at radius 1 is 1.25 bits per heavy atom. The van der Waals surface area contributed by atoms with E-state index in [2.05, 4.69) is 29.4 Å². The van der Waals surface area contributed by atoms with Crippen LogP contribution in [0, 0.1) is 17.7 Å². The summed E-state index contributed by atoms with van der Waals surface area (Å²) in [5.41, 5.74) is 0.709. The number of carbonyl (C=O) groups excluding carboxylic acids is 2. The highest BCUT2D eigenvalue weighted by molar-refractivity contribution is 5.97. The number of carbonyl (C=O) groups is 2. The van der Waals surface area contributed by atoms with E-state index in [-0.39, 0.29) is 17.6 Å². The summed E-state index contributed by atoms with van der Waals surface area (Å²) >= 11 is 0. The zero-order chi connectivity index (χ0) is 20.1. The maximum absolute atomic E-state index is 14.1. The molecule has 154 valence electrons. The number of hydrogen-bond acceptors (Lipinski definition) is 3. The second-order valence-electron chi connectivity index (χ2n) is 8.26. The normalized spacial score (nSPS) is 23.1. The highest BCUT2D eigenvalue weighted by atomic mass is 19.1. The third kappa shape index (κ3) is 5.44. The van der Waals surface area contributed by atoms with E-state index in [0.717, 1.165) is 44.3 Å². The molecule has 2 heterocycles. The summed E-state index contributed by atoms with van der Waals surface area (Å²) < 4.78 is 14.1. The third-order valence-electron chi connectivity index (χ3n) is 5.45. The molecule has 0 aliphatic carbocycles. The van der Waals surface area contributed by atoms with Gasteiger partial charge >= 0.3 is 6.03 Å². The summed E-state index contributed by atoms with van der Waals surface area (Å²) in [6.45, 7) is 8.92. The molecule has 0 unspecified atom stereocenters. The quantitative estimate of drug-likeness (QED) is 0.732. The van der Waals surface area contributed by atoms with E-state index in [4.69, 9.17) is 0 Å². The van der Waals surface area contributed by atoms with E-state index in [0.29, 0.717) is 25.2 Å². The molecule has 0 radical (unpaired) electrons. The van der Waals surface area contributed by atoms with Crippen LogP contribution in [0.5, 0.6) is 0 Å². The van der Waals surface area contributed by atoms with Crippen LogP contribution in [-0.2, 0) is 4.79 Å². The first-order valence-corrected chi connectivity index (χ1v) is 10.3. The van der Waals surface area contributed by atoms with Gasteiger partial charge in [0, 0.05) is 38.3 Å². The van der Waals surface area contributed by atoms with Gasteiger partial charge in [0.05, 0.1) is 5.69 Å². The van der Waals surface area contributed by atoms with Gasteiger partial charge in [-0.1, -0.05) is 13.8 Å².